The summed E-state index contributed by atoms with van der Waals surface area (Å²) in [7, 11) is 1.93. The van der Waals surface area contributed by atoms with Gasteiger partial charge in [0.05, 0.1) is 0 Å². The van der Waals surface area contributed by atoms with Crippen LogP contribution < -0.4 is 10.1 Å². The van der Waals surface area contributed by atoms with Crippen LogP contribution in [0.4, 0.5) is 0 Å². The number of aliphatic imine (C=N–C) groups is 1. The Kier molecular flexibility index (Phi) is 4.26. The van der Waals surface area contributed by atoms with Crippen LogP contribution in [-0.4, -0.2) is 16.6 Å². The van der Waals surface area contributed by atoms with E-state index in [0.29, 0.717) is 5.96 Å². The molecule has 0 unspecified atom stereocenters. The van der Waals surface area contributed by atoms with Gasteiger partial charge >= 0.3 is 0 Å². The lowest BCUT2D eigenvalue weighted by Gasteiger charge is -2.00. The van der Waals surface area contributed by atoms with Crippen LogP contribution in [0.2, 0.25) is 0 Å². The van der Waals surface area contributed by atoms with Crippen LogP contribution >= 0.6 is 11.3 Å². The highest BCUT2D eigenvalue weighted by Gasteiger charge is 2.00. The Morgan fingerprint density at radius 1 is 1.62 bits per heavy atom. The molecule has 5 nitrogen and oxygen atoms in total. The predicted molar refractivity (Wildman–Crippen MR) is 64.9 cm³/mol. The number of nitrogens with one attached hydrogen (secondary N) is 1. The number of aryl methyl sites for hydroxylation is 1. The van der Waals surface area contributed by atoms with Crippen LogP contribution in [0.5, 0.6) is 0 Å². The van der Waals surface area contributed by atoms with Crippen molar-refractivity contribution in [3.05, 3.63) is 15.9 Å². The van der Waals surface area contributed by atoms with Crippen LogP contribution in [-0.2, 0) is 7.05 Å². The summed E-state index contributed by atoms with van der Waals surface area (Å²) >= 11 is 1.52. The molecule has 1 aromatic rings. The molecule has 1 heterocycles. The van der Waals surface area contributed by atoms with Gasteiger partial charge in [-0.05, 0) is 20.8 Å². The van der Waals surface area contributed by atoms with Crippen molar-refractivity contribution < 1.29 is 0 Å². The molecular formula is C10H15N5S. The third-order valence-corrected chi connectivity index (χ3v) is 2.94. The molecule has 0 saturated carbocycles. The number of rotatable bonds is 1. The Hall–Kier alpha value is -1.61. The van der Waals surface area contributed by atoms with E-state index in [9.17, 15) is 0 Å². The highest BCUT2D eigenvalue weighted by molar-refractivity contribution is 7.07. The third-order valence-electron chi connectivity index (χ3n) is 1.90. The quantitative estimate of drug-likeness (QED) is 0.344. The maximum absolute atomic E-state index is 8.60. The largest absolute Gasteiger partial charge is 0.324 e. The van der Waals surface area contributed by atoms with E-state index < -0.39 is 0 Å². The molecule has 1 aromatic heterocycles. The summed E-state index contributed by atoms with van der Waals surface area (Å²) in [6.07, 6.45) is 1.84. The normalized spacial score (nSPS) is 13.0. The van der Waals surface area contributed by atoms with E-state index in [1.807, 2.05) is 44.0 Å². The van der Waals surface area contributed by atoms with Gasteiger partial charge in [0.1, 0.15) is 0 Å². The standard InChI is InChI=1S/C10H15N5S/c1-7(2)13-9(12-6-11)14-10-15(4)8(3)5-16-10/h5,7H,1-4H3,(H,12,13). The molecule has 0 aliphatic carbocycles. The number of hydrogen-bond acceptors (Lipinski definition) is 3. The maximum atomic E-state index is 8.60. The first-order chi connectivity index (χ1) is 7.54. The molecule has 0 saturated heterocycles. The van der Waals surface area contributed by atoms with Gasteiger partial charge in [-0.3, -0.25) is 5.32 Å². The van der Waals surface area contributed by atoms with Gasteiger partial charge in [0.25, 0.3) is 0 Å². The van der Waals surface area contributed by atoms with Gasteiger partial charge in [0.15, 0.2) is 11.0 Å². The highest BCUT2D eigenvalue weighted by atomic mass is 32.1. The Bertz CT molecular complexity index is 486. The molecule has 0 amide bonds. The summed E-state index contributed by atoms with van der Waals surface area (Å²) in [4.78, 5) is 9.35. The molecular weight excluding hydrogens is 222 g/mol. The van der Waals surface area contributed by atoms with Crippen LogP contribution in [0.25, 0.3) is 0 Å². The Morgan fingerprint density at radius 3 is 2.75 bits per heavy atom. The van der Waals surface area contributed by atoms with Crippen LogP contribution in [0.3, 0.4) is 0 Å². The van der Waals surface area contributed by atoms with Crippen molar-refractivity contribution in [1.29, 1.82) is 5.26 Å². The van der Waals surface area contributed by atoms with Gasteiger partial charge < -0.3 is 4.57 Å². The molecule has 0 atom stereocenters. The topological polar surface area (TPSA) is 65.5 Å². The van der Waals surface area contributed by atoms with E-state index in [1.54, 1.807) is 0 Å². The van der Waals surface area contributed by atoms with E-state index >= 15 is 0 Å². The summed E-state index contributed by atoms with van der Waals surface area (Å²) in [5, 5.41) is 13.1. The minimum Gasteiger partial charge on any atom is -0.324 e. The average molecular weight is 237 g/mol. The molecule has 0 bridgehead atoms. The molecule has 0 fully saturated rings. The summed E-state index contributed by atoms with van der Waals surface area (Å²) < 4.78 is 1.96. The molecule has 0 aliphatic rings. The van der Waals surface area contributed by atoms with Crippen molar-refractivity contribution in [2.45, 2.75) is 26.8 Å². The number of hydrogen-bond donors (Lipinski definition) is 1. The van der Waals surface area contributed by atoms with Gasteiger partial charge in [0, 0.05) is 24.2 Å². The van der Waals surface area contributed by atoms with Gasteiger partial charge in [0.2, 0.25) is 5.96 Å². The molecule has 1 N–H and O–H groups in total. The van der Waals surface area contributed by atoms with E-state index in [-0.39, 0.29) is 6.04 Å². The fourth-order valence-corrected chi connectivity index (χ4v) is 1.90. The lowest BCUT2D eigenvalue weighted by atomic mass is 10.4. The van der Waals surface area contributed by atoms with Crippen LogP contribution in [0.15, 0.2) is 15.4 Å². The number of guanidine groups is 1. The Labute approximate surface area is 98.8 Å². The zero-order chi connectivity index (χ0) is 12.1. The van der Waals surface area contributed by atoms with Crippen molar-refractivity contribution in [1.82, 2.24) is 9.88 Å². The third kappa shape index (κ3) is 3.21. The molecule has 0 aliphatic heterocycles. The second-order valence-electron chi connectivity index (χ2n) is 3.61. The van der Waals surface area contributed by atoms with E-state index in [4.69, 9.17) is 5.26 Å². The second-order valence-corrected chi connectivity index (χ2v) is 4.45. The van der Waals surface area contributed by atoms with E-state index in [0.717, 1.165) is 10.5 Å². The van der Waals surface area contributed by atoms with Gasteiger partial charge in [-0.25, -0.2) is 4.99 Å². The molecule has 6 heteroatoms. The van der Waals surface area contributed by atoms with E-state index in [1.165, 1.54) is 11.3 Å². The fraction of sp³-hybridized carbons (Fsp3) is 0.500. The predicted octanol–water partition coefficient (Wildman–Crippen LogP) is 1.13. The molecule has 0 aromatic carbocycles. The number of nitriles is 1. The van der Waals surface area contributed by atoms with Crippen molar-refractivity contribution in [2.24, 2.45) is 17.0 Å². The van der Waals surface area contributed by atoms with Crippen molar-refractivity contribution in [2.75, 3.05) is 0 Å². The number of thiazole rings is 1. The smallest absolute Gasteiger partial charge is 0.234 e. The van der Waals surface area contributed by atoms with Crippen molar-refractivity contribution in [3.8, 4) is 6.19 Å². The van der Waals surface area contributed by atoms with Gasteiger partial charge in [-0.15, -0.1) is 11.3 Å². The average Bonchev–Trinajstić information content (AvgIpc) is 2.49. The van der Waals surface area contributed by atoms with Crippen molar-refractivity contribution in [3.63, 3.8) is 0 Å². The lowest BCUT2D eigenvalue weighted by molar-refractivity contribution is 0.813. The Morgan fingerprint density at radius 2 is 2.31 bits per heavy atom. The van der Waals surface area contributed by atoms with Crippen LogP contribution in [0.1, 0.15) is 19.5 Å². The lowest BCUT2D eigenvalue weighted by Crippen LogP contribution is -2.23. The summed E-state index contributed by atoms with van der Waals surface area (Å²) in [6, 6.07) is 0.103. The zero-order valence-corrected chi connectivity index (χ0v) is 10.7. The monoisotopic (exact) mass is 237 g/mol. The van der Waals surface area contributed by atoms with Gasteiger partial charge in [-0.2, -0.15) is 10.3 Å². The number of nitrogens with zero attached hydrogens (tertiary/aromatic N) is 4. The fourth-order valence-electron chi connectivity index (χ4n) is 1.02. The maximum Gasteiger partial charge on any atom is 0.234 e. The SMILES string of the molecule is Cc1csc(=NC(=NC(C)C)NC#N)n1C. The minimum absolute atomic E-state index is 0.103. The molecule has 1 rings (SSSR count). The van der Waals surface area contributed by atoms with Gasteiger partial charge in [-0.1, -0.05) is 0 Å². The molecule has 16 heavy (non-hydrogen) atoms. The minimum atomic E-state index is 0.103. The molecule has 86 valence electrons. The molecule has 0 radical (unpaired) electrons. The molecule has 0 spiro atoms. The summed E-state index contributed by atoms with van der Waals surface area (Å²) in [5.41, 5.74) is 1.13. The van der Waals surface area contributed by atoms with E-state index in [2.05, 4.69) is 15.3 Å². The first-order valence-electron chi connectivity index (χ1n) is 4.93. The van der Waals surface area contributed by atoms with Crippen molar-refractivity contribution >= 4 is 17.3 Å². The summed E-state index contributed by atoms with van der Waals surface area (Å²) in [6.45, 7) is 5.88. The highest BCUT2D eigenvalue weighted by Crippen LogP contribution is 1.96. The first kappa shape index (κ1) is 12.5. The zero-order valence-electron chi connectivity index (χ0n) is 9.85. The number of aromatic nitrogens is 1. The first-order valence-corrected chi connectivity index (χ1v) is 5.81. The summed E-state index contributed by atoms with van der Waals surface area (Å²) in [5.74, 6) is 0.356. The second kappa shape index (κ2) is 5.47. The Balaban J connectivity index is 3.13. The van der Waals surface area contributed by atoms with Crippen LogP contribution in [0, 0.1) is 18.4 Å².